The van der Waals surface area contributed by atoms with Gasteiger partial charge in [-0.2, -0.15) is 4.98 Å². The van der Waals surface area contributed by atoms with Crippen molar-refractivity contribution in [1.82, 2.24) is 19.6 Å². The van der Waals surface area contributed by atoms with E-state index in [0.717, 1.165) is 21.9 Å². The number of hydrogen-bond acceptors (Lipinski definition) is 7. The number of anilines is 1. The van der Waals surface area contributed by atoms with E-state index in [1.165, 1.54) is 18.8 Å². The molecule has 142 valence electrons. The van der Waals surface area contributed by atoms with Crippen LogP contribution in [0.2, 0.25) is 0 Å². The Hall–Kier alpha value is -2.46. The summed E-state index contributed by atoms with van der Waals surface area (Å²) in [6.07, 6.45) is 1.13. The Morgan fingerprint density at radius 2 is 1.85 bits per heavy atom. The summed E-state index contributed by atoms with van der Waals surface area (Å²) in [4.78, 5) is 21.1. The summed E-state index contributed by atoms with van der Waals surface area (Å²) in [5.41, 5.74) is 2.79. The van der Waals surface area contributed by atoms with Crippen molar-refractivity contribution in [2.45, 2.75) is 19.0 Å². The maximum atomic E-state index is 12.4. The topological polar surface area (TPSA) is 97.5 Å². The van der Waals surface area contributed by atoms with Gasteiger partial charge >= 0.3 is 0 Å². The molecule has 3 aromatic rings. The second-order valence-corrected chi connectivity index (χ2v) is 9.09. The first kappa shape index (κ1) is 19.3. The van der Waals surface area contributed by atoms with Gasteiger partial charge in [-0.25, -0.2) is 17.9 Å². The Morgan fingerprint density at radius 3 is 2.48 bits per heavy atom. The van der Waals surface area contributed by atoms with E-state index >= 15 is 0 Å². The predicted octanol–water partition coefficient (Wildman–Crippen LogP) is 2.11. The third-order valence-corrected chi connectivity index (χ3v) is 6.02. The maximum Gasteiger partial charge on any atom is 0.253 e. The molecule has 0 radical (unpaired) electrons. The minimum atomic E-state index is -3.34. The summed E-state index contributed by atoms with van der Waals surface area (Å²) < 4.78 is 25.9. The SMILES string of the molecule is Cc1cc(C)n2nc(SCC(=O)c3ccc(N(C)S(C)(=O)=O)cc3)nc2n1. The lowest BCUT2D eigenvalue weighted by Gasteiger charge is -2.16. The second-order valence-electron chi connectivity index (χ2n) is 6.13. The number of nitrogens with zero attached hydrogens (tertiary/aromatic N) is 5. The zero-order valence-electron chi connectivity index (χ0n) is 15.4. The average molecular weight is 406 g/mol. The number of Topliss-reactive ketones (excluding diaryl/α,β-unsaturated/α-hetero) is 1. The van der Waals surface area contributed by atoms with Crippen LogP contribution >= 0.6 is 11.8 Å². The van der Waals surface area contributed by atoms with Gasteiger partial charge in [0.05, 0.1) is 17.7 Å². The highest BCUT2D eigenvalue weighted by Gasteiger charge is 2.14. The number of rotatable bonds is 6. The Labute approximate surface area is 161 Å². The van der Waals surface area contributed by atoms with E-state index < -0.39 is 10.0 Å². The molecular formula is C17H19N5O3S2. The minimum absolute atomic E-state index is 0.0896. The van der Waals surface area contributed by atoms with Crippen LogP contribution in [0.15, 0.2) is 35.5 Å². The van der Waals surface area contributed by atoms with Gasteiger partial charge in [-0.1, -0.05) is 11.8 Å². The highest BCUT2D eigenvalue weighted by atomic mass is 32.2. The van der Waals surface area contributed by atoms with Crippen molar-refractivity contribution < 1.29 is 13.2 Å². The predicted molar refractivity (Wildman–Crippen MR) is 105 cm³/mol. The minimum Gasteiger partial charge on any atom is -0.293 e. The number of benzene rings is 1. The highest BCUT2D eigenvalue weighted by Crippen LogP contribution is 2.20. The molecule has 0 saturated heterocycles. The van der Waals surface area contributed by atoms with E-state index in [4.69, 9.17) is 0 Å². The third kappa shape index (κ3) is 4.28. The molecule has 0 fully saturated rings. The van der Waals surface area contributed by atoms with Gasteiger partial charge in [-0.05, 0) is 44.2 Å². The summed E-state index contributed by atoms with van der Waals surface area (Å²) in [5, 5.41) is 4.85. The Bertz CT molecular complexity index is 1110. The van der Waals surface area contributed by atoms with Crippen molar-refractivity contribution in [2.24, 2.45) is 0 Å². The molecule has 27 heavy (non-hydrogen) atoms. The molecule has 0 amide bonds. The van der Waals surface area contributed by atoms with Crippen LogP contribution in [0, 0.1) is 13.8 Å². The number of carbonyl (C=O) groups is 1. The maximum absolute atomic E-state index is 12.4. The lowest BCUT2D eigenvalue weighted by atomic mass is 10.1. The van der Waals surface area contributed by atoms with Crippen molar-refractivity contribution in [2.75, 3.05) is 23.4 Å². The smallest absolute Gasteiger partial charge is 0.253 e. The average Bonchev–Trinajstić information content (AvgIpc) is 3.01. The number of sulfonamides is 1. The summed E-state index contributed by atoms with van der Waals surface area (Å²) in [7, 11) is -1.87. The number of ketones is 1. The van der Waals surface area contributed by atoms with Crippen LogP contribution in [0.25, 0.3) is 5.78 Å². The van der Waals surface area contributed by atoms with Gasteiger partial charge in [0, 0.05) is 24.0 Å². The molecule has 1 aromatic carbocycles. The number of fused-ring (bicyclic) bond motifs is 1. The fourth-order valence-corrected chi connectivity index (χ4v) is 3.69. The lowest BCUT2D eigenvalue weighted by molar-refractivity contribution is 0.102. The fourth-order valence-electron chi connectivity index (χ4n) is 2.47. The van der Waals surface area contributed by atoms with Gasteiger partial charge in [-0.3, -0.25) is 9.10 Å². The second kappa shape index (κ2) is 7.28. The Morgan fingerprint density at radius 1 is 1.19 bits per heavy atom. The van der Waals surface area contributed by atoms with E-state index in [0.29, 0.717) is 22.2 Å². The van der Waals surface area contributed by atoms with Crippen molar-refractivity contribution in [3.63, 3.8) is 0 Å². The first-order chi connectivity index (χ1) is 12.6. The molecule has 0 N–H and O–H groups in total. The number of aryl methyl sites for hydroxylation is 2. The summed E-state index contributed by atoms with van der Waals surface area (Å²) in [6.45, 7) is 3.81. The molecule has 10 heteroatoms. The molecule has 0 saturated carbocycles. The molecule has 0 unspecified atom stereocenters. The van der Waals surface area contributed by atoms with Crippen molar-refractivity contribution in [3.8, 4) is 0 Å². The summed E-state index contributed by atoms with van der Waals surface area (Å²) >= 11 is 1.24. The molecule has 0 aliphatic heterocycles. The molecule has 2 aromatic heterocycles. The molecule has 0 aliphatic carbocycles. The van der Waals surface area contributed by atoms with Gasteiger partial charge < -0.3 is 0 Å². The molecular weight excluding hydrogens is 386 g/mol. The summed E-state index contributed by atoms with van der Waals surface area (Å²) in [6, 6.07) is 8.37. The monoisotopic (exact) mass is 405 g/mol. The first-order valence-electron chi connectivity index (χ1n) is 8.06. The van der Waals surface area contributed by atoms with Crippen LogP contribution in [0.3, 0.4) is 0 Å². The van der Waals surface area contributed by atoms with Crippen LogP contribution in [-0.4, -0.2) is 52.8 Å². The Kier molecular flexibility index (Phi) is 5.20. The molecule has 0 atom stereocenters. The van der Waals surface area contributed by atoms with E-state index in [1.54, 1.807) is 28.8 Å². The molecule has 2 heterocycles. The van der Waals surface area contributed by atoms with Crippen LogP contribution in [-0.2, 0) is 10.0 Å². The molecule has 0 spiro atoms. The fraction of sp³-hybridized carbons (Fsp3) is 0.294. The molecule has 0 aliphatic rings. The number of hydrogen-bond donors (Lipinski definition) is 0. The van der Waals surface area contributed by atoms with Crippen LogP contribution in [0.5, 0.6) is 0 Å². The highest BCUT2D eigenvalue weighted by molar-refractivity contribution is 7.99. The van der Waals surface area contributed by atoms with Gasteiger partial charge in [0.25, 0.3) is 5.78 Å². The van der Waals surface area contributed by atoms with Crippen molar-refractivity contribution in [1.29, 1.82) is 0 Å². The first-order valence-corrected chi connectivity index (χ1v) is 10.9. The van der Waals surface area contributed by atoms with Crippen molar-refractivity contribution >= 4 is 39.0 Å². The van der Waals surface area contributed by atoms with Crippen molar-refractivity contribution in [3.05, 3.63) is 47.3 Å². The van der Waals surface area contributed by atoms with Gasteiger partial charge in [0.1, 0.15) is 0 Å². The Balaban J connectivity index is 1.70. The van der Waals surface area contributed by atoms with E-state index in [9.17, 15) is 13.2 Å². The van der Waals surface area contributed by atoms with Crippen LogP contribution < -0.4 is 4.31 Å². The van der Waals surface area contributed by atoms with E-state index in [2.05, 4.69) is 15.1 Å². The van der Waals surface area contributed by atoms with Crippen LogP contribution in [0.4, 0.5) is 5.69 Å². The normalized spacial score (nSPS) is 11.7. The summed E-state index contributed by atoms with van der Waals surface area (Å²) in [5.74, 6) is 0.597. The lowest BCUT2D eigenvalue weighted by Crippen LogP contribution is -2.24. The zero-order valence-corrected chi connectivity index (χ0v) is 17.0. The van der Waals surface area contributed by atoms with E-state index in [1.807, 2.05) is 19.9 Å². The molecule has 8 nitrogen and oxygen atoms in total. The number of thioether (sulfide) groups is 1. The van der Waals surface area contributed by atoms with Gasteiger partial charge in [0.2, 0.25) is 15.2 Å². The number of aromatic nitrogens is 4. The van der Waals surface area contributed by atoms with Crippen LogP contribution in [0.1, 0.15) is 21.7 Å². The van der Waals surface area contributed by atoms with Gasteiger partial charge in [-0.15, -0.1) is 5.10 Å². The molecule has 3 rings (SSSR count). The zero-order chi connectivity index (χ0) is 19.8. The van der Waals surface area contributed by atoms with Gasteiger partial charge in [0.15, 0.2) is 5.78 Å². The quantitative estimate of drug-likeness (QED) is 0.458. The largest absolute Gasteiger partial charge is 0.293 e. The molecule has 0 bridgehead atoms. The van der Waals surface area contributed by atoms with E-state index in [-0.39, 0.29) is 11.5 Å². The number of carbonyl (C=O) groups excluding carboxylic acids is 1. The third-order valence-electron chi connectivity index (χ3n) is 3.98. The standard InChI is InChI=1S/C17H19N5O3S2/c1-11-9-12(2)22-16(18-11)19-17(20-22)26-10-15(23)13-5-7-14(8-6-13)21(3)27(4,24)25/h5-9H,10H2,1-4H3.